The minimum atomic E-state index is -0.0440. The Morgan fingerprint density at radius 1 is 0.355 bits per heavy atom. The number of nitrogens with zero attached hydrogens (tertiary/aromatic N) is 4. The molecule has 0 aromatic heterocycles. The van der Waals surface area contributed by atoms with Gasteiger partial charge in [-0.3, -0.25) is 19.2 Å². The Kier molecular flexibility index (Phi) is 24.8. The average molecular weight is 1660 g/mol. The molecule has 0 bridgehead atoms. The Labute approximate surface area is 717 Å². The maximum Gasteiger partial charge on any atom is 0.260 e. The molecule has 0 spiro atoms. The maximum absolute atomic E-state index is 14.0. The fourth-order valence-electron chi connectivity index (χ4n) is 17.8. The third-order valence-electron chi connectivity index (χ3n) is 23.8. The first-order chi connectivity index (χ1) is 59.0. The van der Waals surface area contributed by atoms with Crippen LogP contribution in [0.2, 0.25) is 0 Å². The zero-order chi connectivity index (χ0) is 83.4. The minimum absolute atomic E-state index is 0.0173. The van der Waals surface area contributed by atoms with E-state index in [1.807, 2.05) is 166 Å². The molecule has 626 valence electrons. The molecule has 4 N–H and O–H groups in total. The Hall–Kier alpha value is -11.3. The molecule has 0 aliphatic carbocycles. The van der Waals surface area contributed by atoms with Gasteiger partial charge in [0.15, 0.2) is 23.0 Å². The zero-order valence-electron chi connectivity index (χ0n) is 70.1. The van der Waals surface area contributed by atoms with Gasteiger partial charge in [0.05, 0.1) is 96.6 Å². The van der Waals surface area contributed by atoms with Gasteiger partial charge in [-0.05, 0) is 185 Å². The Balaban J connectivity index is 0.000000172. The van der Waals surface area contributed by atoms with E-state index in [2.05, 4.69) is 110 Å². The molecular weight excluding hydrogens is 1560 g/mol. The van der Waals surface area contributed by atoms with Crippen molar-refractivity contribution in [1.29, 1.82) is 0 Å². The van der Waals surface area contributed by atoms with Gasteiger partial charge in [-0.1, -0.05) is 125 Å². The summed E-state index contributed by atoms with van der Waals surface area (Å²) in [7, 11) is 3.21. The maximum atomic E-state index is 14.0. The normalized spacial score (nSPS) is 17.3. The molecule has 18 rings (SSSR count). The van der Waals surface area contributed by atoms with Crippen molar-refractivity contribution in [2.75, 3.05) is 119 Å². The highest BCUT2D eigenvalue weighted by atomic mass is 32.2. The van der Waals surface area contributed by atoms with Crippen LogP contribution in [0.15, 0.2) is 182 Å². The Bertz CT molecular complexity index is 5560. The number of methoxy groups -OCH3 is 2. The number of anilines is 8. The number of benzene rings is 10. The third kappa shape index (κ3) is 17.8. The number of thioether (sulfide) groups is 2. The Morgan fingerprint density at radius 3 is 0.992 bits per heavy atom. The first kappa shape index (κ1) is 82.0. The van der Waals surface area contributed by atoms with E-state index in [4.69, 9.17) is 37.9 Å². The topological polar surface area (TPSA) is 203 Å². The molecule has 10 aromatic rings. The van der Waals surface area contributed by atoms with Crippen molar-refractivity contribution in [3.8, 4) is 34.5 Å². The zero-order valence-corrected chi connectivity index (χ0v) is 71.8. The van der Waals surface area contributed by atoms with Crippen LogP contribution in [-0.4, -0.2) is 126 Å². The summed E-state index contributed by atoms with van der Waals surface area (Å²) in [6.07, 6.45) is 4.36. The second-order valence-corrected chi connectivity index (χ2v) is 35.6. The van der Waals surface area contributed by atoms with Crippen molar-refractivity contribution in [1.82, 2.24) is 0 Å². The fourth-order valence-corrected chi connectivity index (χ4v) is 19.4. The SMILES string of the molecule is COc1cc2c(cc1OCc1cc(COc3cc4c(cc3C)C(=O)N3c5ccccc5C[C@H]3CN4)cc(CSCCOCC(C)C)c1)NC[C@@H]1Cc3ccccc3N1C2=O.COc1cc2c(cc1OCc1cc(COc3cc4c(cc3C)C(=O)N3c5ccccc5C[C@H]3CN4)cc(CSCCOCCC(C)C)c1)NC[C@@H]1Cc3ccccc3N1C2=O. The number of hydrogen-bond acceptors (Lipinski definition) is 18. The lowest BCUT2D eigenvalue weighted by Crippen LogP contribution is -2.39. The molecule has 22 heteroatoms. The van der Waals surface area contributed by atoms with Crippen molar-refractivity contribution < 1.29 is 57.1 Å². The molecule has 0 unspecified atom stereocenters. The van der Waals surface area contributed by atoms with Gasteiger partial charge in [-0.15, -0.1) is 0 Å². The molecule has 8 heterocycles. The second kappa shape index (κ2) is 36.6. The summed E-state index contributed by atoms with van der Waals surface area (Å²) in [4.78, 5) is 63.7. The van der Waals surface area contributed by atoms with Crippen LogP contribution in [0, 0.1) is 25.7 Å². The summed E-state index contributed by atoms with van der Waals surface area (Å²) >= 11 is 3.68. The number of para-hydroxylation sites is 4. The van der Waals surface area contributed by atoms with E-state index in [0.717, 1.165) is 171 Å². The van der Waals surface area contributed by atoms with Gasteiger partial charge in [-0.25, -0.2) is 0 Å². The molecule has 121 heavy (non-hydrogen) atoms. The largest absolute Gasteiger partial charge is 0.493 e. The van der Waals surface area contributed by atoms with Crippen LogP contribution in [0.5, 0.6) is 34.5 Å². The van der Waals surface area contributed by atoms with E-state index in [9.17, 15) is 19.2 Å². The predicted molar refractivity (Wildman–Crippen MR) is 484 cm³/mol. The summed E-state index contributed by atoms with van der Waals surface area (Å²) in [5, 5.41) is 14.2. The summed E-state index contributed by atoms with van der Waals surface area (Å²) < 4.78 is 49.5. The molecule has 4 atom stereocenters. The number of amides is 4. The molecule has 8 aliphatic heterocycles. The van der Waals surface area contributed by atoms with Crippen LogP contribution in [0.1, 0.15) is 142 Å². The van der Waals surface area contributed by atoms with Crippen molar-refractivity contribution in [2.24, 2.45) is 11.8 Å². The van der Waals surface area contributed by atoms with E-state index < -0.39 is 0 Å². The number of ether oxygens (including phenoxy) is 8. The number of carbonyl (C=O) groups excluding carboxylic acids is 4. The highest BCUT2D eigenvalue weighted by molar-refractivity contribution is 7.98. The van der Waals surface area contributed by atoms with Gasteiger partial charge >= 0.3 is 0 Å². The number of aryl methyl sites for hydroxylation is 2. The monoisotopic (exact) mass is 1660 g/mol. The van der Waals surface area contributed by atoms with E-state index in [0.29, 0.717) is 116 Å². The average Bonchev–Trinajstić information content (AvgIpc) is 1.63. The van der Waals surface area contributed by atoms with Gasteiger partial charge in [0.2, 0.25) is 0 Å². The van der Waals surface area contributed by atoms with Crippen LogP contribution in [-0.2, 0) is 73.1 Å². The van der Waals surface area contributed by atoms with Crippen molar-refractivity contribution in [3.63, 3.8) is 0 Å². The van der Waals surface area contributed by atoms with E-state index in [1.165, 1.54) is 27.8 Å². The second-order valence-electron chi connectivity index (χ2n) is 33.4. The summed E-state index contributed by atoms with van der Waals surface area (Å²) in [6, 6.07) is 61.1. The first-order valence-corrected chi connectivity index (χ1v) is 44.7. The summed E-state index contributed by atoms with van der Waals surface area (Å²) in [5.74, 6) is 8.10. The molecule has 0 saturated heterocycles. The molecular formula is C99H106N8O12S2. The van der Waals surface area contributed by atoms with E-state index in [-0.39, 0.29) is 47.8 Å². The van der Waals surface area contributed by atoms with Crippen LogP contribution in [0.25, 0.3) is 0 Å². The molecule has 4 amide bonds. The molecule has 10 aromatic carbocycles. The number of fused-ring (bicyclic) bond motifs is 16. The van der Waals surface area contributed by atoms with Crippen molar-refractivity contribution >= 4 is 92.7 Å². The van der Waals surface area contributed by atoms with Crippen LogP contribution >= 0.6 is 23.5 Å². The molecule has 0 fully saturated rings. The number of nitrogens with one attached hydrogen (secondary N) is 4. The predicted octanol–water partition coefficient (Wildman–Crippen LogP) is 18.5. The Morgan fingerprint density at radius 2 is 0.661 bits per heavy atom. The highest BCUT2D eigenvalue weighted by Gasteiger charge is 2.42. The van der Waals surface area contributed by atoms with Gasteiger partial charge < -0.3 is 78.8 Å². The van der Waals surface area contributed by atoms with Gasteiger partial charge in [0.25, 0.3) is 23.6 Å². The van der Waals surface area contributed by atoms with Crippen molar-refractivity contribution in [3.05, 3.63) is 271 Å². The number of carbonyl (C=O) groups is 4. The summed E-state index contributed by atoms with van der Waals surface area (Å²) in [5.41, 5.74) is 22.4. The smallest absolute Gasteiger partial charge is 0.260 e. The van der Waals surface area contributed by atoms with E-state index >= 15 is 0 Å². The molecule has 0 saturated carbocycles. The van der Waals surface area contributed by atoms with Crippen LogP contribution in [0.4, 0.5) is 45.5 Å². The lowest BCUT2D eigenvalue weighted by molar-refractivity contribution is 0.0975. The van der Waals surface area contributed by atoms with Gasteiger partial charge in [0, 0.05) is 109 Å². The minimum Gasteiger partial charge on any atom is -0.493 e. The first-order valence-electron chi connectivity index (χ1n) is 42.4. The van der Waals surface area contributed by atoms with Crippen LogP contribution in [0.3, 0.4) is 0 Å². The lowest BCUT2D eigenvalue weighted by atomic mass is 10.1. The molecule has 20 nitrogen and oxygen atoms in total. The number of hydrogen-bond donors (Lipinski definition) is 4. The highest BCUT2D eigenvalue weighted by Crippen LogP contribution is 2.46. The van der Waals surface area contributed by atoms with Gasteiger partial charge in [-0.2, -0.15) is 23.5 Å². The number of rotatable bonds is 29. The lowest BCUT2D eigenvalue weighted by Gasteiger charge is -2.23. The molecule has 0 radical (unpaired) electrons. The molecule has 8 aliphatic rings. The van der Waals surface area contributed by atoms with Gasteiger partial charge in [0.1, 0.15) is 37.9 Å². The standard InChI is InChI=1S/C50H54N4O6S.C49H52N4O6S/c1-31(2)13-14-58-15-16-61-30-35-19-33(28-59-46-24-42-40(17-32(46)3)49(55)53-38(26-51-42)21-36-9-5-7-11-44(36)53)18-34(20-35)29-60-48-25-43-41(23-47(48)57-4)50(56)54-39(27-52-43)22-37-10-6-8-12-45(37)54;1-30(2)26-57-13-14-60-29-34-17-32(27-58-45-22-41-39(15-31(45)3)48(54)52-37(24-50-41)19-35-9-5-7-11-43(35)52)16-33(18-34)28-59-47-23-42-40(21-46(47)56-4)49(55)53-38(25-51-42)20-36-10-6-8-12-44(36)53/h5-12,17-20,23-25,31,38-39,51-52H,13-16,21-22,26-30H2,1-4H3;5-12,15-18,21-23,30,37-38,50-51H,13-14,19-20,24-29H2,1-4H3/t38-,39-;37-,38-/m00/s1. The summed E-state index contributed by atoms with van der Waals surface area (Å²) in [6.45, 7) is 19.6. The fraction of sp³-hybridized carbons (Fsp3) is 0.354. The van der Waals surface area contributed by atoms with Crippen molar-refractivity contribution in [2.45, 2.75) is 136 Å². The quantitative estimate of drug-likeness (QED) is 0.0322. The third-order valence-corrected chi connectivity index (χ3v) is 25.8. The van der Waals surface area contributed by atoms with Crippen LogP contribution < -0.4 is 69.3 Å². The van der Waals surface area contributed by atoms with E-state index in [1.54, 1.807) is 26.4 Å².